The number of ether oxygens (including phenoxy) is 2. The highest BCUT2D eigenvalue weighted by Gasteiger charge is 2.16. The number of carbonyl (C=O) groups excluding carboxylic acids is 2. The number of hydrogen-bond donors (Lipinski definition) is 2. The van der Waals surface area contributed by atoms with Crippen LogP contribution in [-0.4, -0.2) is 30.7 Å². The third kappa shape index (κ3) is 4.63. The lowest BCUT2D eigenvalue weighted by Gasteiger charge is -2.18. The van der Waals surface area contributed by atoms with Crippen molar-refractivity contribution < 1.29 is 19.1 Å². The van der Waals surface area contributed by atoms with E-state index >= 15 is 0 Å². The molecule has 0 unspecified atom stereocenters. The number of carbonyl (C=O) groups is 2. The number of nitrogens with zero attached hydrogens (tertiary/aromatic N) is 1. The number of anilines is 1. The van der Waals surface area contributed by atoms with E-state index in [1.165, 1.54) is 5.56 Å². The van der Waals surface area contributed by atoms with Crippen molar-refractivity contribution in [2.24, 2.45) is 5.10 Å². The third-order valence-electron chi connectivity index (χ3n) is 4.23. The summed E-state index contributed by atoms with van der Waals surface area (Å²) in [4.78, 5) is 23.4. The summed E-state index contributed by atoms with van der Waals surface area (Å²) < 4.78 is 10.8. The first-order valence-electron chi connectivity index (χ1n) is 8.52. The molecule has 0 radical (unpaired) electrons. The largest absolute Gasteiger partial charge is 0.484 e. The van der Waals surface area contributed by atoms with E-state index in [1.807, 2.05) is 38.1 Å². The minimum absolute atomic E-state index is 0.00990. The van der Waals surface area contributed by atoms with E-state index < -0.39 is 0 Å². The monoisotopic (exact) mass is 367 g/mol. The van der Waals surface area contributed by atoms with Crippen LogP contribution in [-0.2, 0) is 9.59 Å². The van der Waals surface area contributed by atoms with Gasteiger partial charge < -0.3 is 14.8 Å². The number of hydrogen-bond acceptors (Lipinski definition) is 5. The van der Waals surface area contributed by atoms with Crippen molar-refractivity contribution in [1.82, 2.24) is 5.43 Å². The molecule has 2 aromatic carbocycles. The Balaban J connectivity index is 1.58. The molecule has 2 amide bonds. The van der Waals surface area contributed by atoms with E-state index in [2.05, 4.69) is 15.8 Å². The predicted molar refractivity (Wildman–Crippen MR) is 102 cm³/mol. The maximum atomic E-state index is 12.0. The van der Waals surface area contributed by atoms with E-state index in [9.17, 15) is 9.59 Å². The zero-order valence-corrected chi connectivity index (χ0v) is 15.5. The Kier molecular flexibility index (Phi) is 5.40. The average Bonchev–Trinajstić information content (AvgIpc) is 2.66. The average molecular weight is 367 g/mol. The van der Waals surface area contributed by atoms with Gasteiger partial charge in [-0.2, -0.15) is 5.10 Å². The van der Waals surface area contributed by atoms with E-state index in [4.69, 9.17) is 9.47 Å². The molecule has 1 heterocycles. The maximum Gasteiger partial charge on any atom is 0.277 e. The lowest BCUT2D eigenvalue weighted by Crippen LogP contribution is -2.26. The van der Waals surface area contributed by atoms with Gasteiger partial charge in [0, 0.05) is 0 Å². The van der Waals surface area contributed by atoms with Crippen LogP contribution < -0.4 is 20.2 Å². The first kappa shape index (κ1) is 18.4. The molecule has 3 rings (SSSR count). The number of amides is 2. The minimum atomic E-state index is -0.359. The van der Waals surface area contributed by atoms with Gasteiger partial charge in [0.05, 0.1) is 11.4 Å². The molecule has 1 aliphatic heterocycles. The molecule has 0 atom stereocenters. The molecule has 0 saturated carbocycles. The van der Waals surface area contributed by atoms with Gasteiger partial charge >= 0.3 is 0 Å². The first-order chi connectivity index (χ1) is 12.9. The number of aryl methyl sites for hydroxylation is 2. The van der Waals surface area contributed by atoms with Crippen LogP contribution in [0.1, 0.15) is 23.6 Å². The highest BCUT2D eigenvalue weighted by Crippen LogP contribution is 2.28. The molecule has 0 spiro atoms. The zero-order valence-electron chi connectivity index (χ0n) is 15.5. The molecule has 140 valence electrons. The molecule has 27 heavy (non-hydrogen) atoms. The van der Waals surface area contributed by atoms with Crippen LogP contribution in [0, 0.1) is 13.8 Å². The van der Waals surface area contributed by atoms with E-state index in [0.29, 0.717) is 22.9 Å². The van der Waals surface area contributed by atoms with Crippen LogP contribution in [0.4, 0.5) is 5.69 Å². The molecule has 0 fully saturated rings. The summed E-state index contributed by atoms with van der Waals surface area (Å²) in [7, 11) is 0. The predicted octanol–water partition coefficient (Wildman–Crippen LogP) is 2.55. The second-order valence-electron chi connectivity index (χ2n) is 6.31. The van der Waals surface area contributed by atoms with Gasteiger partial charge in [-0.15, -0.1) is 0 Å². The Labute approximate surface area is 157 Å². The lowest BCUT2D eigenvalue weighted by atomic mass is 10.1. The summed E-state index contributed by atoms with van der Waals surface area (Å²) in [6, 6.07) is 11.0. The smallest absolute Gasteiger partial charge is 0.277 e. The van der Waals surface area contributed by atoms with Crippen molar-refractivity contribution in [2.45, 2.75) is 20.8 Å². The summed E-state index contributed by atoms with van der Waals surface area (Å²) in [6.07, 6.45) is 0. The van der Waals surface area contributed by atoms with Crippen LogP contribution >= 0.6 is 0 Å². The van der Waals surface area contributed by atoms with Crippen LogP contribution in [0.3, 0.4) is 0 Å². The second-order valence-corrected chi connectivity index (χ2v) is 6.31. The lowest BCUT2D eigenvalue weighted by molar-refractivity contribution is -0.123. The van der Waals surface area contributed by atoms with Crippen molar-refractivity contribution in [1.29, 1.82) is 0 Å². The summed E-state index contributed by atoms with van der Waals surface area (Å²) in [5, 5.41) is 6.83. The molecule has 0 aromatic heterocycles. The first-order valence-corrected chi connectivity index (χ1v) is 8.52. The Morgan fingerprint density at radius 3 is 2.81 bits per heavy atom. The topological polar surface area (TPSA) is 89.0 Å². The van der Waals surface area contributed by atoms with Crippen LogP contribution in [0.5, 0.6) is 11.5 Å². The van der Waals surface area contributed by atoms with E-state index in [0.717, 1.165) is 11.1 Å². The fraction of sp³-hybridized carbons (Fsp3) is 0.250. The van der Waals surface area contributed by atoms with Crippen molar-refractivity contribution >= 4 is 23.2 Å². The molecule has 1 aliphatic rings. The number of benzene rings is 2. The van der Waals surface area contributed by atoms with Gasteiger partial charge in [-0.05, 0) is 67.8 Å². The molecule has 7 heteroatoms. The molecular formula is C20H21N3O4. The van der Waals surface area contributed by atoms with Crippen LogP contribution in [0.25, 0.3) is 0 Å². The molecule has 0 saturated heterocycles. The Bertz CT molecular complexity index is 921. The highest BCUT2D eigenvalue weighted by molar-refractivity contribution is 6.02. The quantitative estimate of drug-likeness (QED) is 0.628. The van der Waals surface area contributed by atoms with Gasteiger partial charge in [-0.3, -0.25) is 9.59 Å². The van der Waals surface area contributed by atoms with Gasteiger partial charge in [0.1, 0.15) is 11.5 Å². The normalized spacial score (nSPS) is 13.3. The van der Waals surface area contributed by atoms with Crippen molar-refractivity contribution in [2.75, 3.05) is 18.5 Å². The molecule has 0 aliphatic carbocycles. The van der Waals surface area contributed by atoms with E-state index in [1.54, 1.807) is 19.1 Å². The highest BCUT2D eigenvalue weighted by atomic mass is 16.5. The SMILES string of the molecule is C/C(=N/NC(=O)COc1ccc(C)c(C)c1)c1ccc2c(c1)NC(=O)CO2. The summed E-state index contributed by atoms with van der Waals surface area (Å²) in [5.41, 5.74) is 6.68. The van der Waals surface area contributed by atoms with Crippen LogP contribution in [0.15, 0.2) is 41.5 Å². The summed E-state index contributed by atoms with van der Waals surface area (Å²) in [6.45, 7) is 5.64. The molecular weight excluding hydrogens is 346 g/mol. The number of nitrogens with one attached hydrogen (secondary N) is 2. The fourth-order valence-corrected chi connectivity index (χ4v) is 2.50. The zero-order chi connectivity index (χ0) is 19.4. The summed E-state index contributed by atoms with van der Waals surface area (Å²) >= 11 is 0. The maximum absolute atomic E-state index is 12.0. The standard InChI is InChI=1S/C20H21N3O4/c1-12-4-6-16(8-13(12)2)26-11-20(25)23-22-14(3)15-5-7-18-17(9-15)21-19(24)10-27-18/h4-9H,10-11H2,1-3H3,(H,21,24)(H,23,25)/b22-14-. The minimum Gasteiger partial charge on any atom is -0.484 e. The Morgan fingerprint density at radius 2 is 2.04 bits per heavy atom. The van der Waals surface area contributed by atoms with Gasteiger partial charge in [0.2, 0.25) is 0 Å². The Morgan fingerprint density at radius 1 is 1.22 bits per heavy atom. The van der Waals surface area contributed by atoms with Gasteiger partial charge in [0.15, 0.2) is 13.2 Å². The van der Waals surface area contributed by atoms with Crippen molar-refractivity contribution in [3.8, 4) is 11.5 Å². The molecule has 0 bridgehead atoms. The van der Waals surface area contributed by atoms with Gasteiger partial charge in [0.25, 0.3) is 11.8 Å². The summed E-state index contributed by atoms with van der Waals surface area (Å²) in [5.74, 6) is 0.685. The fourth-order valence-electron chi connectivity index (χ4n) is 2.50. The van der Waals surface area contributed by atoms with Crippen molar-refractivity contribution in [3.63, 3.8) is 0 Å². The number of fused-ring (bicyclic) bond motifs is 1. The molecule has 2 N–H and O–H groups in total. The molecule has 7 nitrogen and oxygen atoms in total. The second kappa shape index (κ2) is 7.90. The number of hydrazone groups is 1. The molecule has 2 aromatic rings. The van der Waals surface area contributed by atoms with Gasteiger partial charge in [-0.25, -0.2) is 5.43 Å². The van der Waals surface area contributed by atoms with Gasteiger partial charge in [-0.1, -0.05) is 6.07 Å². The van der Waals surface area contributed by atoms with E-state index in [-0.39, 0.29) is 25.0 Å². The Hall–Kier alpha value is -3.35. The number of rotatable bonds is 5. The third-order valence-corrected chi connectivity index (χ3v) is 4.23. The van der Waals surface area contributed by atoms with Crippen LogP contribution in [0.2, 0.25) is 0 Å². The van der Waals surface area contributed by atoms with Crippen molar-refractivity contribution in [3.05, 3.63) is 53.1 Å².